The summed E-state index contributed by atoms with van der Waals surface area (Å²) in [5, 5.41) is 0. The number of nitrogen functional groups attached to an aromatic ring is 2. The zero-order valence-electron chi connectivity index (χ0n) is 24.0. The van der Waals surface area contributed by atoms with Gasteiger partial charge in [0.2, 0.25) is 5.95 Å². The number of nitrogens with two attached hydrogens (primary N) is 2. The third-order valence-corrected chi connectivity index (χ3v) is 10.9. The van der Waals surface area contributed by atoms with E-state index in [4.69, 9.17) is 55.5 Å². The molecule has 4 bridgehead atoms. The molecule has 0 amide bonds. The van der Waals surface area contributed by atoms with E-state index in [1.165, 1.54) is 35.2 Å². The number of rotatable bonds is 3. The Bertz CT molecular complexity index is 2110. The molecular formula is C22H26N11O11PS2. The summed E-state index contributed by atoms with van der Waals surface area (Å²) >= 11 is 5.42. The van der Waals surface area contributed by atoms with Crippen LogP contribution in [-0.2, 0) is 54.3 Å². The highest BCUT2D eigenvalue weighted by atomic mass is 32.5. The van der Waals surface area contributed by atoms with Gasteiger partial charge in [0.05, 0.1) is 25.9 Å². The quantitative estimate of drug-likeness (QED) is 0.138. The molecule has 0 aromatic carbocycles. The SMILES string of the molecule is CO[C@H]1[C@H]2O[P@](O)(=S)OC[C@]34CO[C@@H]([C@H](n5cnc6c(N)ncnc65)O3)[C@@H]4OS(=O)(=O)NC[C@H]1O[C@H]2n1cnc2c(=O)[nH]c(N)nc21. The predicted molar refractivity (Wildman–Crippen MR) is 159 cm³/mol. The van der Waals surface area contributed by atoms with Gasteiger partial charge in [-0.1, -0.05) is 0 Å². The Balaban J connectivity index is 1.15. The second kappa shape index (κ2) is 10.9. The third kappa shape index (κ3) is 5.03. The summed E-state index contributed by atoms with van der Waals surface area (Å²) in [7, 11) is -3.20. The molecule has 252 valence electrons. The van der Waals surface area contributed by atoms with Crippen LogP contribution >= 0.6 is 6.72 Å². The van der Waals surface area contributed by atoms with E-state index in [2.05, 4.69) is 34.6 Å². The first kappa shape index (κ1) is 31.0. The van der Waals surface area contributed by atoms with E-state index in [1.807, 2.05) is 0 Å². The molecule has 4 fully saturated rings. The molecule has 25 heteroatoms. The number of fused-ring (bicyclic) bond motifs is 4. The number of anilines is 2. The van der Waals surface area contributed by atoms with Gasteiger partial charge < -0.3 is 39.8 Å². The van der Waals surface area contributed by atoms with Crippen molar-refractivity contribution in [3.63, 3.8) is 0 Å². The molecule has 8 rings (SSSR count). The summed E-state index contributed by atoms with van der Waals surface area (Å²) < 4.78 is 73.7. The van der Waals surface area contributed by atoms with E-state index in [0.29, 0.717) is 11.2 Å². The Hall–Kier alpha value is -3.26. The molecule has 8 heterocycles. The molecule has 4 aromatic rings. The zero-order chi connectivity index (χ0) is 32.9. The van der Waals surface area contributed by atoms with Crippen LogP contribution < -0.4 is 21.7 Å². The number of nitrogens with one attached hydrogen (secondary N) is 2. The van der Waals surface area contributed by atoms with Crippen LogP contribution in [0.1, 0.15) is 12.5 Å². The number of hydrogen-bond acceptors (Lipinski definition) is 18. The van der Waals surface area contributed by atoms with Crippen LogP contribution in [-0.4, -0.2) is 115 Å². The number of aromatic nitrogens is 8. The van der Waals surface area contributed by atoms with Crippen LogP contribution in [0.25, 0.3) is 22.3 Å². The van der Waals surface area contributed by atoms with Gasteiger partial charge in [0.15, 0.2) is 35.1 Å². The monoisotopic (exact) mass is 715 g/mol. The van der Waals surface area contributed by atoms with Crippen LogP contribution in [0.2, 0.25) is 0 Å². The molecule has 22 nitrogen and oxygen atoms in total. The van der Waals surface area contributed by atoms with Gasteiger partial charge in [0.25, 0.3) is 5.56 Å². The summed E-state index contributed by atoms with van der Waals surface area (Å²) in [5.41, 5.74) is 10.1. The molecule has 47 heavy (non-hydrogen) atoms. The molecule has 9 atom stereocenters. The smallest absolute Gasteiger partial charge is 0.336 e. The zero-order valence-corrected chi connectivity index (χ0v) is 26.5. The summed E-state index contributed by atoms with van der Waals surface area (Å²) in [4.78, 5) is 46.9. The topological polar surface area (TPSA) is 290 Å². The standard InChI is InChI=1S/C22H26N11O11PS2/c1-38-11-8-2-29-47(36,37)44-14-13-20(32-6-27-9-15(23)25-5-26-16(9)32)42-22(14,3-39-13)4-40-45(35,46)43-12(11)19(41-8)33-7-28-10-17(33)30-21(24)31-18(10)34/h5-8,11-14,19-20,29H,2-4H2,1H3,(H,35,46)(H2,23,25,26)(H3,24,30,31,34)/t8-,11-,12-,13-,14+,19-,20-,22+,45-/m1/s1. The van der Waals surface area contributed by atoms with Crippen molar-refractivity contribution in [2.45, 2.75) is 48.6 Å². The molecule has 0 spiro atoms. The molecular weight excluding hydrogens is 689 g/mol. The summed E-state index contributed by atoms with van der Waals surface area (Å²) in [6, 6.07) is 0. The van der Waals surface area contributed by atoms with Crippen molar-refractivity contribution in [1.82, 2.24) is 43.8 Å². The molecule has 0 saturated carbocycles. The van der Waals surface area contributed by atoms with Crippen molar-refractivity contribution < 1.29 is 45.5 Å². The van der Waals surface area contributed by atoms with Gasteiger partial charge in [-0.05, 0) is 11.8 Å². The fourth-order valence-corrected chi connectivity index (χ4v) is 8.70. The first-order chi connectivity index (χ1) is 22.4. The fourth-order valence-electron chi connectivity index (χ4n) is 6.27. The normalized spacial score (nSPS) is 37.0. The van der Waals surface area contributed by atoms with E-state index in [9.17, 15) is 18.1 Å². The lowest BCUT2D eigenvalue weighted by Crippen LogP contribution is -2.48. The lowest BCUT2D eigenvalue weighted by Gasteiger charge is -2.33. The number of nitrogens with zero attached hydrogens (tertiary/aromatic N) is 7. The maximum Gasteiger partial charge on any atom is 0.336 e. The van der Waals surface area contributed by atoms with Crippen molar-refractivity contribution in [3.8, 4) is 0 Å². The van der Waals surface area contributed by atoms with Crippen LogP contribution in [0.4, 0.5) is 11.8 Å². The highest BCUT2D eigenvalue weighted by Gasteiger charge is 2.65. The van der Waals surface area contributed by atoms with E-state index in [0.717, 1.165) is 0 Å². The number of ether oxygens (including phenoxy) is 4. The highest BCUT2D eigenvalue weighted by molar-refractivity contribution is 8.07. The van der Waals surface area contributed by atoms with E-state index < -0.39 is 77.8 Å². The van der Waals surface area contributed by atoms with Gasteiger partial charge in [-0.15, -0.1) is 0 Å². The molecule has 4 aromatic heterocycles. The second-order valence-corrected chi connectivity index (χ2v) is 15.3. The van der Waals surface area contributed by atoms with Crippen molar-refractivity contribution in [2.75, 3.05) is 38.3 Å². The molecule has 4 aliphatic heterocycles. The van der Waals surface area contributed by atoms with Gasteiger partial charge >= 0.3 is 17.0 Å². The molecule has 0 radical (unpaired) electrons. The highest BCUT2D eigenvalue weighted by Crippen LogP contribution is 2.54. The van der Waals surface area contributed by atoms with Gasteiger partial charge in [0.1, 0.15) is 48.0 Å². The summed E-state index contributed by atoms with van der Waals surface area (Å²) in [6.07, 6.45) is -3.89. The van der Waals surface area contributed by atoms with Gasteiger partial charge in [-0.25, -0.2) is 24.1 Å². The molecule has 7 N–H and O–H groups in total. The van der Waals surface area contributed by atoms with E-state index in [-0.39, 0.29) is 36.1 Å². The molecule has 4 aliphatic rings. The Labute approximate surface area is 268 Å². The maximum absolute atomic E-state index is 13.4. The minimum Gasteiger partial charge on any atom is -0.382 e. The fraction of sp³-hybridized carbons (Fsp3) is 0.545. The van der Waals surface area contributed by atoms with Crippen LogP contribution in [0.5, 0.6) is 0 Å². The van der Waals surface area contributed by atoms with Crippen molar-refractivity contribution in [1.29, 1.82) is 0 Å². The van der Waals surface area contributed by atoms with Gasteiger partial charge in [-0.3, -0.25) is 23.4 Å². The van der Waals surface area contributed by atoms with E-state index in [1.54, 1.807) is 0 Å². The van der Waals surface area contributed by atoms with Gasteiger partial charge in [0, 0.05) is 13.7 Å². The van der Waals surface area contributed by atoms with Crippen LogP contribution in [0, 0.1) is 0 Å². The number of methoxy groups -OCH3 is 1. The Morgan fingerprint density at radius 2 is 1.87 bits per heavy atom. The Morgan fingerprint density at radius 3 is 2.66 bits per heavy atom. The number of hydrogen-bond donors (Lipinski definition) is 5. The summed E-state index contributed by atoms with van der Waals surface area (Å²) in [5.74, 6) is -0.0649. The first-order valence-electron chi connectivity index (χ1n) is 13.9. The Morgan fingerprint density at radius 1 is 1.11 bits per heavy atom. The largest absolute Gasteiger partial charge is 0.382 e. The number of imidazole rings is 2. The minimum absolute atomic E-state index is 0.0258. The van der Waals surface area contributed by atoms with Gasteiger partial charge in [-0.2, -0.15) is 18.1 Å². The minimum atomic E-state index is -4.54. The van der Waals surface area contributed by atoms with Crippen molar-refractivity contribution in [3.05, 3.63) is 29.3 Å². The average Bonchev–Trinajstić information content (AvgIpc) is 3.82. The first-order valence-corrected chi connectivity index (χ1v) is 17.9. The lowest BCUT2D eigenvalue weighted by molar-refractivity contribution is -0.183. The lowest BCUT2D eigenvalue weighted by atomic mass is 10.0. The Kier molecular flexibility index (Phi) is 7.18. The molecule has 0 aliphatic carbocycles. The maximum atomic E-state index is 13.4. The number of H-pyrrole nitrogens is 1. The van der Waals surface area contributed by atoms with E-state index >= 15 is 0 Å². The summed E-state index contributed by atoms with van der Waals surface area (Å²) in [6.45, 7) is -5.29. The van der Waals surface area contributed by atoms with Crippen molar-refractivity contribution >= 4 is 62.9 Å². The predicted octanol–water partition coefficient (Wildman–Crippen LogP) is -2.45. The number of aromatic amines is 1. The van der Waals surface area contributed by atoms with Crippen molar-refractivity contribution in [2.24, 2.45) is 0 Å². The molecule has 4 saturated heterocycles. The van der Waals surface area contributed by atoms with Crippen LogP contribution in [0.15, 0.2) is 23.8 Å². The average molecular weight is 716 g/mol. The molecule has 0 unspecified atom stereocenters. The second-order valence-electron chi connectivity index (χ2n) is 11.1. The van der Waals surface area contributed by atoms with Crippen LogP contribution in [0.3, 0.4) is 0 Å². The third-order valence-electron chi connectivity index (χ3n) is 8.34.